The lowest BCUT2D eigenvalue weighted by Gasteiger charge is -2.23. The molecular formula is C21H18F4N2O2. The summed E-state index contributed by atoms with van der Waals surface area (Å²) in [5.74, 6) is -1.18. The lowest BCUT2D eigenvalue weighted by molar-refractivity contribution is -0.139. The average Bonchev–Trinajstić information content (AvgIpc) is 3.01. The molecule has 3 aromatic rings. The Morgan fingerprint density at radius 2 is 2.00 bits per heavy atom. The number of halogens is 4. The van der Waals surface area contributed by atoms with E-state index >= 15 is 0 Å². The zero-order chi connectivity index (χ0) is 20.8. The van der Waals surface area contributed by atoms with Crippen LogP contribution >= 0.6 is 0 Å². The first-order valence-corrected chi connectivity index (χ1v) is 9.13. The topological polar surface area (TPSA) is 58.3 Å². The molecular weight excluding hydrogens is 388 g/mol. The number of aliphatic hydroxyl groups excluding tert-OH is 1. The number of nitrogens with one attached hydrogen (secondary N) is 1. The molecule has 1 aromatic heterocycles. The molecule has 1 aliphatic carbocycles. The number of nitrogens with zero attached hydrogens (tertiary/aromatic N) is 1. The number of oxazole rings is 1. The Morgan fingerprint density at radius 3 is 2.72 bits per heavy atom. The summed E-state index contributed by atoms with van der Waals surface area (Å²) in [6.45, 7) is 1.63. The molecule has 0 spiro atoms. The highest BCUT2D eigenvalue weighted by atomic mass is 19.4. The molecule has 0 amide bonds. The van der Waals surface area contributed by atoms with E-state index in [1.807, 2.05) is 18.2 Å². The van der Waals surface area contributed by atoms with E-state index in [2.05, 4.69) is 10.3 Å². The fourth-order valence-electron chi connectivity index (χ4n) is 3.61. The lowest BCUT2D eigenvalue weighted by Crippen LogP contribution is -2.19. The first kappa shape index (κ1) is 19.4. The maximum Gasteiger partial charge on any atom is 0.419 e. The lowest BCUT2D eigenvalue weighted by atomic mass is 9.88. The zero-order valence-electron chi connectivity index (χ0n) is 15.5. The minimum absolute atomic E-state index is 0.145. The maximum absolute atomic E-state index is 13.9. The third kappa shape index (κ3) is 3.85. The maximum atomic E-state index is 13.9. The van der Waals surface area contributed by atoms with E-state index in [-0.39, 0.29) is 17.3 Å². The highest BCUT2D eigenvalue weighted by molar-refractivity contribution is 5.65. The van der Waals surface area contributed by atoms with Crippen molar-refractivity contribution in [2.75, 3.05) is 5.32 Å². The molecule has 2 aromatic carbocycles. The molecule has 0 fully saturated rings. The van der Waals surface area contributed by atoms with Crippen molar-refractivity contribution in [2.45, 2.75) is 38.5 Å². The second kappa shape index (κ2) is 7.18. The molecule has 4 nitrogen and oxygen atoms in total. The van der Waals surface area contributed by atoms with Crippen LogP contribution in [0.25, 0.3) is 11.3 Å². The molecule has 0 saturated heterocycles. The van der Waals surface area contributed by atoms with Gasteiger partial charge in [0.05, 0.1) is 17.4 Å². The van der Waals surface area contributed by atoms with Crippen LogP contribution in [0.3, 0.4) is 0 Å². The number of fused-ring (bicyclic) bond motifs is 1. The van der Waals surface area contributed by atoms with Crippen molar-refractivity contribution in [1.29, 1.82) is 0 Å². The Bertz CT molecular complexity index is 1060. The monoisotopic (exact) mass is 406 g/mol. The van der Waals surface area contributed by atoms with Gasteiger partial charge in [0.15, 0.2) is 5.76 Å². The SMILES string of the molecule is Cc1nc(Nc2cccc3c2CC(O)CC3)oc1-c1ccc(C(F)(F)F)c(F)c1. The molecule has 1 heterocycles. The molecule has 0 saturated carbocycles. The van der Waals surface area contributed by atoms with Gasteiger partial charge < -0.3 is 14.8 Å². The van der Waals surface area contributed by atoms with E-state index in [4.69, 9.17) is 4.42 Å². The molecule has 1 unspecified atom stereocenters. The molecule has 29 heavy (non-hydrogen) atoms. The van der Waals surface area contributed by atoms with Crippen molar-refractivity contribution in [3.05, 3.63) is 64.6 Å². The number of anilines is 2. The van der Waals surface area contributed by atoms with Gasteiger partial charge in [-0.25, -0.2) is 4.39 Å². The van der Waals surface area contributed by atoms with E-state index in [9.17, 15) is 22.7 Å². The van der Waals surface area contributed by atoms with Crippen molar-refractivity contribution in [3.8, 4) is 11.3 Å². The summed E-state index contributed by atoms with van der Waals surface area (Å²) in [4.78, 5) is 4.27. The van der Waals surface area contributed by atoms with Gasteiger partial charge in [-0.3, -0.25) is 0 Å². The summed E-state index contributed by atoms with van der Waals surface area (Å²) in [7, 11) is 0. The second-order valence-electron chi connectivity index (χ2n) is 7.09. The van der Waals surface area contributed by atoms with E-state index in [1.54, 1.807) is 6.92 Å². The van der Waals surface area contributed by atoms with Crippen LogP contribution in [0, 0.1) is 12.7 Å². The van der Waals surface area contributed by atoms with E-state index < -0.39 is 23.7 Å². The number of benzene rings is 2. The fraction of sp³-hybridized carbons (Fsp3) is 0.286. The van der Waals surface area contributed by atoms with Crippen molar-refractivity contribution in [3.63, 3.8) is 0 Å². The highest BCUT2D eigenvalue weighted by Gasteiger charge is 2.34. The van der Waals surface area contributed by atoms with E-state index in [0.29, 0.717) is 24.6 Å². The molecule has 4 rings (SSSR count). The number of hydrogen-bond acceptors (Lipinski definition) is 4. The van der Waals surface area contributed by atoms with Crippen LogP contribution in [0.5, 0.6) is 0 Å². The predicted molar refractivity (Wildman–Crippen MR) is 99.4 cm³/mol. The summed E-state index contributed by atoms with van der Waals surface area (Å²) in [5, 5.41) is 13.0. The minimum atomic E-state index is -4.76. The average molecular weight is 406 g/mol. The summed E-state index contributed by atoms with van der Waals surface area (Å²) >= 11 is 0. The Labute approximate surface area is 164 Å². The number of aryl methyl sites for hydroxylation is 2. The predicted octanol–water partition coefficient (Wildman–Crippen LogP) is 5.40. The van der Waals surface area contributed by atoms with Gasteiger partial charge in [0.1, 0.15) is 5.82 Å². The highest BCUT2D eigenvalue weighted by Crippen LogP contribution is 2.36. The number of alkyl halides is 3. The third-order valence-electron chi connectivity index (χ3n) is 5.03. The molecule has 0 radical (unpaired) electrons. The summed E-state index contributed by atoms with van der Waals surface area (Å²) in [6.07, 6.45) is -3.19. The largest absolute Gasteiger partial charge is 0.423 e. The smallest absolute Gasteiger partial charge is 0.419 e. The molecule has 2 N–H and O–H groups in total. The normalized spacial score (nSPS) is 16.6. The molecule has 152 valence electrons. The van der Waals surface area contributed by atoms with Crippen LogP contribution in [-0.2, 0) is 19.0 Å². The van der Waals surface area contributed by atoms with Gasteiger partial charge in [-0.2, -0.15) is 18.2 Å². The number of rotatable bonds is 3. The van der Waals surface area contributed by atoms with Crippen LogP contribution in [0.1, 0.15) is 28.8 Å². The summed E-state index contributed by atoms with van der Waals surface area (Å²) in [5.41, 5.74) is 2.10. The van der Waals surface area contributed by atoms with Crippen LogP contribution < -0.4 is 5.32 Å². The standard InChI is InChI=1S/C21H18F4N2O2/c1-11-19(13-6-8-16(17(22)9-13)21(23,24)25)29-20(26-11)27-18-4-2-3-12-5-7-14(28)10-15(12)18/h2-4,6,8-9,14,28H,5,7,10H2,1H3,(H,26,27). The van der Waals surface area contributed by atoms with Crippen LogP contribution in [0.15, 0.2) is 40.8 Å². The third-order valence-corrected chi connectivity index (χ3v) is 5.03. The quantitative estimate of drug-likeness (QED) is 0.572. The molecule has 8 heteroatoms. The first-order valence-electron chi connectivity index (χ1n) is 9.13. The fourth-order valence-corrected chi connectivity index (χ4v) is 3.61. The van der Waals surface area contributed by atoms with Gasteiger partial charge >= 0.3 is 6.18 Å². The van der Waals surface area contributed by atoms with Gasteiger partial charge in [0, 0.05) is 17.7 Å². The van der Waals surface area contributed by atoms with Crippen molar-refractivity contribution < 1.29 is 27.1 Å². The van der Waals surface area contributed by atoms with Gasteiger partial charge in [-0.1, -0.05) is 18.2 Å². The number of aliphatic hydroxyl groups is 1. The Morgan fingerprint density at radius 1 is 1.21 bits per heavy atom. The van der Waals surface area contributed by atoms with E-state index in [0.717, 1.165) is 35.4 Å². The van der Waals surface area contributed by atoms with Crippen LogP contribution in [0.4, 0.5) is 29.3 Å². The zero-order valence-corrected chi connectivity index (χ0v) is 15.5. The Balaban J connectivity index is 1.64. The number of aromatic nitrogens is 1. The first-order chi connectivity index (χ1) is 13.7. The van der Waals surface area contributed by atoms with Crippen molar-refractivity contribution in [2.24, 2.45) is 0 Å². The summed E-state index contributed by atoms with van der Waals surface area (Å²) in [6, 6.07) is 8.52. The second-order valence-corrected chi connectivity index (χ2v) is 7.09. The van der Waals surface area contributed by atoms with Crippen molar-refractivity contribution >= 4 is 11.7 Å². The molecule has 0 aliphatic heterocycles. The Hall–Kier alpha value is -2.87. The van der Waals surface area contributed by atoms with Crippen molar-refractivity contribution in [1.82, 2.24) is 4.98 Å². The minimum Gasteiger partial charge on any atom is -0.423 e. The molecule has 0 bridgehead atoms. The van der Waals surface area contributed by atoms with Gasteiger partial charge in [0.25, 0.3) is 6.01 Å². The molecule has 1 aliphatic rings. The summed E-state index contributed by atoms with van der Waals surface area (Å²) < 4.78 is 57.9. The molecule has 1 atom stereocenters. The van der Waals surface area contributed by atoms with Gasteiger partial charge in [-0.05, 0) is 49.1 Å². The van der Waals surface area contributed by atoms with Crippen LogP contribution in [0.2, 0.25) is 0 Å². The van der Waals surface area contributed by atoms with Gasteiger partial charge in [0.2, 0.25) is 0 Å². The van der Waals surface area contributed by atoms with E-state index in [1.165, 1.54) is 0 Å². The number of hydrogen-bond donors (Lipinski definition) is 2. The van der Waals surface area contributed by atoms with Gasteiger partial charge in [-0.15, -0.1) is 0 Å². The van der Waals surface area contributed by atoms with Crippen LogP contribution in [-0.4, -0.2) is 16.2 Å². The Kier molecular flexibility index (Phi) is 4.82.